The Kier molecular flexibility index (Phi) is 18.3. The molecule has 350 valence electrons. The molecule has 4 fully saturated rings. The highest BCUT2D eigenvalue weighted by atomic mass is 16.8. The van der Waals surface area contributed by atoms with Gasteiger partial charge < -0.3 is 110 Å². The molecular formula is C33H55N5O23. The molecular weight excluding hydrogens is 834 g/mol. The summed E-state index contributed by atoms with van der Waals surface area (Å²) in [6, 6.07) is -3.13. The number of carbonyl (C=O) groups excluding carboxylic acids is 2. The Labute approximate surface area is 346 Å². The highest BCUT2D eigenvalue weighted by Crippen LogP contribution is 2.39. The quantitative estimate of drug-likeness (QED) is 0.0263. The molecule has 0 aromatic rings. The second-order valence-corrected chi connectivity index (χ2v) is 14.8. The highest BCUT2D eigenvalue weighted by molar-refractivity contribution is 5.76. The van der Waals surface area contributed by atoms with Gasteiger partial charge >= 0.3 is 5.97 Å². The summed E-state index contributed by atoms with van der Waals surface area (Å²) in [7, 11) is 0. The molecule has 4 rings (SSSR count). The molecule has 14 N–H and O–H groups in total. The van der Waals surface area contributed by atoms with Crippen molar-refractivity contribution in [2.24, 2.45) is 5.11 Å². The average Bonchev–Trinajstić information content (AvgIpc) is 3.21. The zero-order chi connectivity index (χ0) is 45.5. The van der Waals surface area contributed by atoms with Gasteiger partial charge in [0.15, 0.2) is 18.9 Å². The van der Waals surface area contributed by atoms with Crippen molar-refractivity contribution in [1.29, 1.82) is 0 Å². The van der Waals surface area contributed by atoms with E-state index in [1.54, 1.807) is 0 Å². The van der Waals surface area contributed by atoms with Crippen LogP contribution < -0.4 is 10.6 Å². The van der Waals surface area contributed by atoms with E-state index in [-0.39, 0.29) is 13.2 Å². The topological polar surface area (TPSA) is 441 Å². The summed E-state index contributed by atoms with van der Waals surface area (Å²) in [4.78, 5) is 40.1. The van der Waals surface area contributed by atoms with E-state index in [1.165, 1.54) is 6.92 Å². The van der Waals surface area contributed by atoms with Crippen LogP contribution in [0.15, 0.2) is 5.11 Å². The van der Waals surface area contributed by atoms with Crippen LogP contribution in [0, 0.1) is 0 Å². The van der Waals surface area contributed by atoms with Gasteiger partial charge in [-0.25, -0.2) is 4.79 Å². The number of rotatable bonds is 18. The van der Waals surface area contributed by atoms with Crippen LogP contribution >= 0.6 is 0 Å². The van der Waals surface area contributed by atoms with Gasteiger partial charge in [-0.05, 0) is 12.5 Å². The molecule has 0 spiro atoms. The van der Waals surface area contributed by atoms with Gasteiger partial charge in [-0.1, -0.05) is 5.11 Å². The summed E-state index contributed by atoms with van der Waals surface area (Å²) in [6.07, 6.45) is -34.9. The molecule has 0 unspecified atom stereocenters. The smallest absolute Gasteiger partial charge is 0.364 e. The number of azide groups is 1. The Bertz CT molecular complexity index is 1520. The molecule has 0 aromatic heterocycles. The number of aliphatic hydroxyl groups is 11. The highest BCUT2D eigenvalue weighted by Gasteiger charge is 2.61. The predicted octanol–water partition coefficient (Wildman–Crippen LogP) is -7.89. The third-order valence-electron chi connectivity index (χ3n) is 10.5. The molecule has 4 aliphatic rings. The monoisotopic (exact) mass is 889 g/mol. The van der Waals surface area contributed by atoms with Crippen molar-refractivity contribution in [3.8, 4) is 0 Å². The summed E-state index contributed by atoms with van der Waals surface area (Å²) >= 11 is 0. The molecule has 4 aliphatic heterocycles. The fourth-order valence-electron chi connectivity index (χ4n) is 7.37. The first-order valence-electron chi connectivity index (χ1n) is 19.1. The predicted molar refractivity (Wildman–Crippen MR) is 191 cm³/mol. The van der Waals surface area contributed by atoms with Crippen molar-refractivity contribution in [3.63, 3.8) is 0 Å². The van der Waals surface area contributed by atoms with Crippen LogP contribution in [-0.2, 0) is 52.3 Å². The molecule has 2 amide bonds. The van der Waals surface area contributed by atoms with Crippen molar-refractivity contribution in [2.75, 3.05) is 33.0 Å². The fraction of sp³-hybridized carbons (Fsp3) is 0.909. The standard InChI is InChI=1S/C33H55N5O23/c1-10-19(46)22(49)23(50)30(55-10)59-27-18(37-12(3)43)29(54-5-4-35-38-34)57-16(9-41)25(27)58-31-24(51)28(21(48)15(8-40)56-31)61-33(32(52)53)6-13(44)17(36-11(2)42)26(60-33)20(47)14(45)7-39/h10,13-31,39-41,44-51H,4-9H2,1-3H3,(H,36,42)(H,37,43)(H,52,53)/t10-,13-,14+,15+,16+,17+,18+,19+,20+,21-,22+,23-,24+,25+,26+,27+,28-,29+,30-,31-,33-/m0/s1. The van der Waals surface area contributed by atoms with Crippen LogP contribution in [-0.4, -0.2) is 240 Å². The number of carbonyl (C=O) groups is 3. The Morgan fingerprint density at radius 3 is 1.97 bits per heavy atom. The third-order valence-corrected chi connectivity index (χ3v) is 10.5. The Morgan fingerprint density at radius 2 is 1.39 bits per heavy atom. The van der Waals surface area contributed by atoms with E-state index >= 15 is 0 Å². The zero-order valence-corrected chi connectivity index (χ0v) is 33.0. The van der Waals surface area contributed by atoms with Crippen molar-refractivity contribution in [2.45, 2.75) is 155 Å². The molecule has 4 heterocycles. The van der Waals surface area contributed by atoms with Gasteiger partial charge in [0.25, 0.3) is 5.79 Å². The first-order valence-corrected chi connectivity index (χ1v) is 19.1. The summed E-state index contributed by atoms with van der Waals surface area (Å²) in [6.45, 7) is -0.254. The maximum absolute atomic E-state index is 13.0. The lowest BCUT2D eigenvalue weighted by Gasteiger charge is -2.51. The minimum absolute atomic E-state index is 0.243. The van der Waals surface area contributed by atoms with Gasteiger partial charge in [-0.3, -0.25) is 9.59 Å². The van der Waals surface area contributed by atoms with Gasteiger partial charge in [0, 0.05) is 31.7 Å². The van der Waals surface area contributed by atoms with E-state index in [4.69, 9.17) is 43.4 Å². The number of aliphatic carboxylic acids is 1. The molecule has 28 heteroatoms. The first kappa shape index (κ1) is 50.6. The molecule has 21 atom stereocenters. The van der Waals surface area contributed by atoms with Crippen molar-refractivity contribution in [1.82, 2.24) is 10.6 Å². The van der Waals surface area contributed by atoms with Crippen molar-refractivity contribution in [3.05, 3.63) is 10.4 Å². The SMILES string of the molecule is CC(=O)N[C@H]1[C@H](OCCN=[N+]=[N-])O[C@H](CO)[C@@H](O[C@@H]2O[C@H](CO)[C@H](O)[C@H](O[C@]3(C(=O)O)C[C@H](O)[C@@H](NC(C)=O)[C@H]([C@H](O)[C@H](O)CO)O3)[C@H]2O)[C@@H]1O[C@@H]1O[C@@H](C)[C@@H](O)[C@@H](O)[C@@H]1O. The van der Waals surface area contributed by atoms with Crippen molar-refractivity contribution >= 4 is 17.8 Å². The Balaban J connectivity index is 1.75. The van der Waals surface area contributed by atoms with Crippen LogP contribution in [0.4, 0.5) is 0 Å². The van der Waals surface area contributed by atoms with E-state index in [1.807, 2.05) is 0 Å². The number of carboxylic acid groups (broad SMARTS) is 1. The van der Waals surface area contributed by atoms with Gasteiger partial charge in [0.2, 0.25) is 11.8 Å². The fourth-order valence-corrected chi connectivity index (χ4v) is 7.37. The number of aliphatic hydroxyl groups excluding tert-OH is 11. The van der Waals surface area contributed by atoms with Gasteiger partial charge in [0.1, 0.15) is 85.4 Å². The molecule has 4 saturated heterocycles. The van der Waals surface area contributed by atoms with E-state index in [0.717, 1.165) is 13.8 Å². The van der Waals surface area contributed by atoms with Gasteiger partial charge in [0.05, 0.1) is 44.7 Å². The number of hydrogen-bond acceptors (Lipinski definition) is 23. The molecule has 61 heavy (non-hydrogen) atoms. The zero-order valence-electron chi connectivity index (χ0n) is 33.0. The summed E-state index contributed by atoms with van der Waals surface area (Å²) in [5.74, 6) is -6.69. The van der Waals surface area contributed by atoms with E-state index in [9.17, 15) is 75.7 Å². The minimum Gasteiger partial charge on any atom is -0.477 e. The number of carboxylic acids is 1. The molecule has 0 aromatic carbocycles. The molecule has 0 saturated carbocycles. The van der Waals surface area contributed by atoms with Crippen LogP contribution in [0.3, 0.4) is 0 Å². The number of amides is 2. The summed E-state index contributed by atoms with van der Waals surface area (Å²) < 4.78 is 46.4. The second-order valence-electron chi connectivity index (χ2n) is 14.8. The number of hydrogen-bond donors (Lipinski definition) is 14. The molecule has 0 bridgehead atoms. The van der Waals surface area contributed by atoms with Crippen LogP contribution in [0.5, 0.6) is 0 Å². The molecule has 28 nitrogen and oxygen atoms in total. The molecule has 0 aliphatic carbocycles. The lowest BCUT2D eigenvalue weighted by molar-refractivity contribution is -0.391. The van der Waals surface area contributed by atoms with E-state index < -0.39 is 172 Å². The average molecular weight is 890 g/mol. The Hall–Kier alpha value is -3.04. The largest absolute Gasteiger partial charge is 0.477 e. The lowest BCUT2D eigenvalue weighted by Crippen LogP contribution is -2.71. The number of nitrogens with zero attached hydrogens (tertiary/aromatic N) is 3. The Morgan fingerprint density at radius 1 is 0.803 bits per heavy atom. The summed E-state index contributed by atoms with van der Waals surface area (Å²) in [5.41, 5.74) is 8.70. The van der Waals surface area contributed by atoms with Crippen LogP contribution in [0.2, 0.25) is 0 Å². The van der Waals surface area contributed by atoms with Crippen LogP contribution in [0.1, 0.15) is 27.2 Å². The second kappa shape index (κ2) is 22.0. The summed E-state index contributed by atoms with van der Waals surface area (Å²) in [5, 5.41) is 136. The maximum Gasteiger partial charge on any atom is 0.364 e. The van der Waals surface area contributed by atoms with Gasteiger partial charge in [-0.15, -0.1) is 0 Å². The number of nitrogens with one attached hydrogen (secondary N) is 2. The van der Waals surface area contributed by atoms with Gasteiger partial charge in [-0.2, -0.15) is 0 Å². The molecule has 0 radical (unpaired) electrons. The first-order chi connectivity index (χ1) is 28.7. The lowest BCUT2D eigenvalue weighted by atomic mass is 9.88. The normalized spacial score (nSPS) is 42.7. The van der Waals surface area contributed by atoms with E-state index in [0.29, 0.717) is 0 Å². The third kappa shape index (κ3) is 11.6. The van der Waals surface area contributed by atoms with Crippen molar-refractivity contribution < 1.29 is 114 Å². The van der Waals surface area contributed by atoms with E-state index in [2.05, 4.69) is 20.7 Å². The van der Waals surface area contributed by atoms with Crippen LogP contribution in [0.25, 0.3) is 10.4 Å². The number of ether oxygens (including phenoxy) is 8. The maximum atomic E-state index is 13.0. The minimum atomic E-state index is -3.13.